The van der Waals surface area contributed by atoms with Crippen LogP contribution in [0.3, 0.4) is 0 Å². The Bertz CT molecular complexity index is 25.1. The van der Waals surface area contributed by atoms with E-state index in [1.54, 1.807) is 0 Å². The third-order valence-corrected chi connectivity index (χ3v) is 0.934. The maximum Gasteiger partial charge on any atom is 0.00651 e. The van der Waals surface area contributed by atoms with Gasteiger partial charge < -0.3 is 0 Å². The molecule has 0 N–H and O–H groups in total. The highest BCUT2D eigenvalue weighted by molar-refractivity contribution is 9.09. The van der Waals surface area contributed by atoms with Crippen LogP contribution in [0.4, 0.5) is 0 Å². The molecule has 6 heavy (non-hydrogen) atoms. The van der Waals surface area contributed by atoms with Crippen molar-refractivity contribution in [1.82, 2.24) is 0 Å². The molecule has 0 aromatic rings. The zero-order valence-electron chi connectivity index (χ0n) is 4.24. The Labute approximate surface area is 48.1 Å². The largest absolute Gasteiger partial charge is 0.0925 e. The van der Waals surface area contributed by atoms with E-state index in [4.69, 9.17) is 0 Å². The first-order chi connectivity index (χ1) is 2.77. The molecule has 0 spiro atoms. The molecule has 0 fully saturated rings. The van der Waals surface area contributed by atoms with Crippen LogP contribution in [0.25, 0.3) is 0 Å². The first-order valence-electron chi connectivity index (χ1n) is 2.16. The van der Waals surface area contributed by atoms with Crippen LogP contribution < -0.4 is 0 Å². The van der Waals surface area contributed by atoms with Crippen molar-refractivity contribution < 1.29 is 0 Å². The molecular weight excluding hydrogens is 140 g/mol. The number of hydrogen-bond acceptors (Lipinski definition) is 0. The maximum absolute atomic E-state index is 3.29. The molecule has 1 heteroatoms. The Morgan fingerprint density at radius 3 is 2.17 bits per heavy atom. The fourth-order valence-corrected chi connectivity index (χ4v) is 0.926. The molecule has 0 amide bonds. The lowest BCUT2D eigenvalue weighted by molar-refractivity contribution is 0.767. The molecule has 0 saturated carbocycles. The van der Waals surface area contributed by atoms with Crippen LogP contribution in [0.2, 0.25) is 0 Å². The van der Waals surface area contributed by atoms with Crippen molar-refractivity contribution in [3.63, 3.8) is 0 Å². The second-order valence-electron chi connectivity index (χ2n) is 1.63. The molecule has 0 bridgehead atoms. The van der Waals surface area contributed by atoms with E-state index in [2.05, 4.69) is 36.2 Å². The lowest BCUT2D eigenvalue weighted by Crippen LogP contribution is -1.86. The highest BCUT2D eigenvalue weighted by Crippen LogP contribution is 1.98. The van der Waals surface area contributed by atoms with Crippen molar-refractivity contribution in [3.8, 4) is 0 Å². The number of hydrogen-bond donors (Lipinski definition) is 0. The van der Waals surface area contributed by atoms with Crippen LogP contribution in [-0.2, 0) is 0 Å². The van der Waals surface area contributed by atoms with E-state index in [0.29, 0.717) is 0 Å². The van der Waals surface area contributed by atoms with Gasteiger partial charge in [0.1, 0.15) is 0 Å². The van der Waals surface area contributed by atoms with E-state index in [1.165, 1.54) is 0 Å². The molecule has 0 unspecified atom stereocenters. The molecule has 0 heterocycles. The second-order valence-corrected chi connectivity index (χ2v) is 2.28. The van der Waals surface area contributed by atoms with Crippen molar-refractivity contribution in [2.45, 2.75) is 13.8 Å². The van der Waals surface area contributed by atoms with Gasteiger partial charge in [-0.1, -0.05) is 29.8 Å². The van der Waals surface area contributed by atoms with Crippen LogP contribution in [-0.4, -0.2) is 5.33 Å². The summed E-state index contributed by atoms with van der Waals surface area (Å²) < 4.78 is 0. The fourth-order valence-electron chi connectivity index (χ4n) is 0.178. The highest BCUT2D eigenvalue weighted by Gasteiger charge is 1.87. The summed E-state index contributed by atoms with van der Waals surface area (Å²) >= 11 is 3.29. The van der Waals surface area contributed by atoms with Gasteiger partial charge in [-0.3, -0.25) is 0 Å². The normalized spacial score (nSPS) is 10.0. The van der Waals surface area contributed by atoms with Gasteiger partial charge >= 0.3 is 0 Å². The number of alkyl halides is 1. The van der Waals surface area contributed by atoms with Gasteiger partial charge in [-0.2, -0.15) is 0 Å². The van der Waals surface area contributed by atoms with Gasteiger partial charge in [0.25, 0.3) is 0 Å². The molecule has 0 rings (SSSR count). The third kappa shape index (κ3) is 4.48. The van der Waals surface area contributed by atoms with Crippen LogP contribution in [0.5, 0.6) is 0 Å². The summed E-state index contributed by atoms with van der Waals surface area (Å²) in [5.41, 5.74) is 0. The molecule has 0 aliphatic heterocycles. The molecule has 0 aliphatic carbocycles. The summed E-state index contributed by atoms with van der Waals surface area (Å²) in [6.45, 7) is 4.34. The summed E-state index contributed by atoms with van der Waals surface area (Å²) in [5.74, 6) is 0.726. The Morgan fingerprint density at radius 2 is 2.17 bits per heavy atom. The summed E-state index contributed by atoms with van der Waals surface area (Å²) in [4.78, 5) is 0. The van der Waals surface area contributed by atoms with E-state index >= 15 is 0 Å². The standard InChI is InChI=1S/C5H10Br/c1-5(2)3-4-6/h3,5H,4H2,1-2H3. The zero-order chi connectivity index (χ0) is 4.99. The highest BCUT2D eigenvalue weighted by atomic mass is 79.9. The summed E-state index contributed by atoms with van der Waals surface area (Å²) in [7, 11) is 0. The van der Waals surface area contributed by atoms with Gasteiger partial charge in [0.2, 0.25) is 0 Å². The Balaban J connectivity index is 2.63. The maximum atomic E-state index is 3.29. The minimum Gasteiger partial charge on any atom is -0.0925 e. The summed E-state index contributed by atoms with van der Waals surface area (Å²) in [6, 6.07) is 0. The average Bonchev–Trinajstić information content (AvgIpc) is 1.35. The molecule has 0 saturated heterocycles. The Kier molecular flexibility index (Phi) is 3.96. The minimum atomic E-state index is 0.726. The predicted octanol–water partition coefficient (Wildman–Crippen LogP) is 2.24. The van der Waals surface area contributed by atoms with E-state index in [9.17, 15) is 0 Å². The molecule has 37 valence electrons. The van der Waals surface area contributed by atoms with Crippen LogP contribution in [0, 0.1) is 12.3 Å². The van der Waals surface area contributed by atoms with Crippen LogP contribution >= 0.6 is 15.9 Å². The minimum absolute atomic E-state index is 0.726. The zero-order valence-corrected chi connectivity index (χ0v) is 5.83. The van der Waals surface area contributed by atoms with Crippen molar-refractivity contribution in [1.29, 1.82) is 0 Å². The first kappa shape index (κ1) is 6.48. The molecular formula is C5H10Br. The Hall–Kier alpha value is 0.480. The average molecular weight is 150 g/mol. The molecule has 0 nitrogen and oxygen atoms in total. The monoisotopic (exact) mass is 149 g/mol. The number of halogens is 1. The van der Waals surface area contributed by atoms with E-state index in [0.717, 1.165) is 11.2 Å². The quantitative estimate of drug-likeness (QED) is 0.529. The lowest BCUT2D eigenvalue weighted by Gasteiger charge is -1.94. The van der Waals surface area contributed by atoms with Crippen LogP contribution in [0.15, 0.2) is 0 Å². The predicted molar refractivity (Wildman–Crippen MR) is 32.9 cm³/mol. The van der Waals surface area contributed by atoms with Gasteiger partial charge in [-0.05, 0) is 12.3 Å². The Morgan fingerprint density at radius 1 is 1.67 bits per heavy atom. The summed E-state index contributed by atoms with van der Waals surface area (Å²) in [6.07, 6.45) is 2.21. The molecule has 1 radical (unpaired) electrons. The smallest absolute Gasteiger partial charge is 0.00651 e. The van der Waals surface area contributed by atoms with Crippen molar-refractivity contribution in [3.05, 3.63) is 6.42 Å². The summed E-state index contributed by atoms with van der Waals surface area (Å²) in [5, 5.41) is 1.02. The van der Waals surface area contributed by atoms with E-state index in [-0.39, 0.29) is 0 Å². The van der Waals surface area contributed by atoms with Gasteiger partial charge in [0.15, 0.2) is 0 Å². The van der Waals surface area contributed by atoms with E-state index < -0.39 is 0 Å². The SMILES string of the molecule is CC(C)[CH]CBr. The van der Waals surface area contributed by atoms with Gasteiger partial charge in [-0.25, -0.2) is 0 Å². The molecule has 0 atom stereocenters. The molecule has 0 aliphatic rings. The molecule has 0 aromatic carbocycles. The topological polar surface area (TPSA) is 0 Å². The molecule has 0 aromatic heterocycles. The van der Waals surface area contributed by atoms with Gasteiger partial charge in [-0.15, -0.1) is 0 Å². The van der Waals surface area contributed by atoms with Gasteiger partial charge in [0, 0.05) is 5.33 Å². The fraction of sp³-hybridized carbons (Fsp3) is 0.800. The van der Waals surface area contributed by atoms with Gasteiger partial charge in [0.05, 0.1) is 0 Å². The lowest BCUT2D eigenvalue weighted by atomic mass is 10.2. The first-order valence-corrected chi connectivity index (χ1v) is 3.29. The van der Waals surface area contributed by atoms with Crippen LogP contribution in [0.1, 0.15) is 13.8 Å². The van der Waals surface area contributed by atoms with E-state index in [1.807, 2.05) is 0 Å². The van der Waals surface area contributed by atoms with Crippen molar-refractivity contribution in [2.75, 3.05) is 5.33 Å². The van der Waals surface area contributed by atoms with Crippen molar-refractivity contribution in [2.24, 2.45) is 5.92 Å². The number of rotatable bonds is 2. The second kappa shape index (κ2) is 3.66. The van der Waals surface area contributed by atoms with Crippen molar-refractivity contribution >= 4 is 15.9 Å². The third-order valence-electron chi connectivity index (χ3n) is 0.560.